The van der Waals surface area contributed by atoms with Gasteiger partial charge in [-0.05, 0) is 25.0 Å². The number of thiophene rings is 1. The third-order valence-electron chi connectivity index (χ3n) is 5.15. The average Bonchev–Trinajstić information content (AvgIpc) is 3.09. The van der Waals surface area contributed by atoms with Crippen molar-refractivity contribution in [1.29, 1.82) is 0 Å². The Balaban J connectivity index is 0.00000102. The number of aliphatic hydroxyl groups excluding tert-OH is 1. The molecule has 0 bridgehead atoms. The topological polar surface area (TPSA) is 52.9 Å². The summed E-state index contributed by atoms with van der Waals surface area (Å²) in [5, 5.41) is 20.7. The molecule has 4 nitrogen and oxygen atoms in total. The van der Waals surface area contributed by atoms with Crippen LogP contribution in [0.4, 0.5) is 0 Å². The molecule has 1 fully saturated rings. The number of aromatic hydroxyl groups is 1. The van der Waals surface area contributed by atoms with E-state index in [1.54, 1.807) is 6.07 Å². The Morgan fingerprint density at radius 2 is 1.96 bits per heavy atom. The van der Waals surface area contributed by atoms with Crippen molar-refractivity contribution < 1.29 is 14.9 Å². The highest BCUT2D eigenvalue weighted by Gasteiger charge is 2.44. The number of halogens is 2. The van der Waals surface area contributed by atoms with E-state index in [9.17, 15) is 10.2 Å². The Morgan fingerprint density at radius 3 is 2.67 bits per heavy atom. The Bertz CT molecular complexity index is 788. The summed E-state index contributed by atoms with van der Waals surface area (Å²) in [5.41, 5.74) is 1.41. The lowest BCUT2D eigenvalue weighted by Crippen LogP contribution is -2.46. The maximum absolute atomic E-state index is 10.2. The summed E-state index contributed by atoms with van der Waals surface area (Å²) in [6.07, 6.45) is 1.08. The van der Waals surface area contributed by atoms with E-state index in [1.807, 2.05) is 32.0 Å². The molecule has 7 heteroatoms. The highest BCUT2D eigenvalue weighted by molar-refractivity contribution is 7.16. The van der Waals surface area contributed by atoms with Gasteiger partial charge in [0.2, 0.25) is 0 Å². The molecule has 1 unspecified atom stereocenters. The van der Waals surface area contributed by atoms with Crippen molar-refractivity contribution in [2.75, 3.05) is 19.7 Å². The molecule has 0 radical (unpaired) electrons. The molecule has 1 saturated heterocycles. The second kappa shape index (κ2) is 8.68. The van der Waals surface area contributed by atoms with Gasteiger partial charge in [0.15, 0.2) is 0 Å². The standard InChI is InChI=1S/C18H19Cl2NO3S.C2H6/c19-13-3-1-2-11(16(13)23)9-21-6-4-18(5-7-21)17-12(8-15(20)25-17)14(22)10-24-18;1-2/h1-3,8,14,22-23H,4-7,9-10H2;1-2H3. The van der Waals surface area contributed by atoms with Gasteiger partial charge >= 0.3 is 0 Å². The maximum atomic E-state index is 10.2. The van der Waals surface area contributed by atoms with E-state index < -0.39 is 6.10 Å². The lowest BCUT2D eigenvalue weighted by Gasteiger charge is -2.44. The number of para-hydroxylation sites is 1. The van der Waals surface area contributed by atoms with Gasteiger partial charge in [-0.2, -0.15) is 0 Å². The van der Waals surface area contributed by atoms with Crippen LogP contribution in [0.3, 0.4) is 0 Å². The smallest absolute Gasteiger partial charge is 0.138 e. The van der Waals surface area contributed by atoms with Crippen molar-refractivity contribution in [1.82, 2.24) is 4.90 Å². The number of rotatable bonds is 2. The normalized spacial score (nSPS) is 21.4. The molecule has 148 valence electrons. The van der Waals surface area contributed by atoms with Crippen LogP contribution in [0.15, 0.2) is 24.3 Å². The summed E-state index contributed by atoms with van der Waals surface area (Å²) in [5.74, 6) is 0.161. The van der Waals surface area contributed by atoms with E-state index in [0.29, 0.717) is 22.5 Å². The zero-order chi connectivity index (χ0) is 19.6. The molecule has 2 aliphatic rings. The molecule has 0 aliphatic carbocycles. The van der Waals surface area contributed by atoms with E-state index in [1.165, 1.54) is 11.3 Å². The van der Waals surface area contributed by atoms with E-state index in [-0.39, 0.29) is 11.4 Å². The van der Waals surface area contributed by atoms with Crippen molar-refractivity contribution in [3.05, 3.63) is 49.6 Å². The average molecular weight is 430 g/mol. The van der Waals surface area contributed by atoms with Crippen molar-refractivity contribution in [3.8, 4) is 5.75 Å². The molecular weight excluding hydrogens is 405 g/mol. The van der Waals surface area contributed by atoms with Crippen LogP contribution in [-0.2, 0) is 16.9 Å². The number of benzene rings is 1. The molecule has 0 saturated carbocycles. The second-order valence-electron chi connectivity index (χ2n) is 6.68. The first-order chi connectivity index (χ1) is 13.0. The zero-order valence-electron chi connectivity index (χ0n) is 15.5. The Kier molecular flexibility index (Phi) is 6.72. The van der Waals surface area contributed by atoms with Crippen LogP contribution in [0.5, 0.6) is 5.75 Å². The summed E-state index contributed by atoms with van der Waals surface area (Å²) >= 11 is 13.7. The third kappa shape index (κ3) is 4.14. The summed E-state index contributed by atoms with van der Waals surface area (Å²) < 4.78 is 6.80. The summed E-state index contributed by atoms with van der Waals surface area (Å²) in [7, 11) is 0. The van der Waals surface area contributed by atoms with Crippen LogP contribution >= 0.6 is 34.5 Å². The van der Waals surface area contributed by atoms with Crippen LogP contribution < -0.4 is 0 Å². The van der Waals surface area contributed by atoms with E-state index in [4.69, 9.17) is 27.9 Å². The number of phenolic OH excluding ortho intramolecular Hbond substituents is 1. The Morgan fingerprint density at radius 1 is 1.26 bits per heavy atom. The highest BCUT2D eigenvalue weighted by Crippen LogP contribution is 2.49. The van der Waals surface area contributed by atoms with E-state index >= 15 is 0 Å². The number of ether oxygens (including phenoxy) is 1. The molecule has 1 atom stereocenters. The number of piperidine rings is 1. The monoisotopic (exact) mass is 429 g/mol. The zero-order valence-corrected chi connectivity index (χ0v) is 17.9. The summed E-state index contributed by atoms with van der Waals surface area (Å²) in [6, 6.07) is 7.31. The van der Waals surface area contributed by atoms with Crippen molar-refractivity contribution in [3.63, 3.8) is 0 Å². The molecule has 1 aromatic heterocycles. The summed E-state index contributed by atoms with van der Waals surface area (Å²) in [6.45, 7) is 6.66. The van der Waals surface area contributed by atoms with Gasteiger partial charge in [-0.15, -0.1) is 11.3 Å². The number of aliphatic hydroxyl groups is 1. The number of hydrogen-bond acceptors (Lipinski definition) is 5. The minimum atomic E-state index is -0.592. The molecule has 2 aliphatic heterocycles. The number of phenols is 1. The van der Waals surface area contributed by atoms with Crippen molar-refractivity contribution >= 4 is 34.5 Å². The predicted molar refractivity (Wildman–Crippen MR) is 111 cm³/mol. The molecule has 1 spiro atoms. The van der Waals surface area contributed by atoms with Gasteiger partial charge in [0.1, 0.15) is 17.5 Å². The van der Waals surface area contributed by atoms with Gasteiger partial charge in [0.25, 0.3) is 0 Å². The molecule has 1 aromatic carbocycles. The van der Waals surface area contributed by atoms with Crippen molar-refractivity contribution in [2.45, 2.75) is 44.9 Å². The summed E-state index contributed by atoms with van der Waals surface area (Å²) in [4.78, 5) is 3.36. The third-order valence-corrected chi connectivity index (χ3v) is 6.92. The first kappa shape index (κ1) is 20.9. The maximum Gasteiger partial charge on any atom is 0.138 e. The molecule has 2 N–H and O–H groups in total. The molecular formula is C20H25Cl2NO3S. The lowest BCUT2D eigenvalue weighted by atomic mass is 9.84. The molecule has 3 heterocycles. The molecule has 4 rings (SSSR count). The second-order valence-corrected chi connectivity index (χ2v) is 8.77. The minimum absolute atomic E-state index is 0.161. The Hall–Kier alpha value is -0.820. The fourth-order valence-corrected chi connectivity index (χ4v) is 5.43. The number of nitrogens with zero attached hydrogens (tertiary/aromatic N) is 1. The predicted octanol–water partition coefficient (Wildman–Crippen LogP) is 5.34. The highest BCUT2D eigenvalue weighted by atomic mass is 35.5. The van der Waals surface area contributed by atoms with Crippen molar-refractivity contribution in [2.24, 2.45) is 0 Å². The van der Waals surface area contributed by atoms with Gasteiger partial charge < -0.3 is 14.9 Å². The van der Waals surface area contributed by atoms with E-state index in [0.717, 1.165) is 41.9 Å². The van der Waals surface area contributed by atoms with Crippen LogP contribution in [0.25, 0.3) is 0 Å². The lowest BCUT2D eigenvalue weighted by molar-refractivity contribution is -0.129. The van der Waals surface area contributed by atoms with Gasteiger partial charge in [-0.1, -0.05) is 49.2 Å². The van der Waals surface area contributed by atoms with Gasteiger partial charge in [0.05, 0.1) is 16.0 Å². The van der Waals surface area contributed by atoms with Gasteiger partial charge in [-0.3, -0.25) is 4.90 Å². The fourth-order valence-electron chi connectivity index (χ4n) is 3.74. The number of fused-ring (bicyclic) bond motifs is 2. The van der Waals surface area contributed by atoms with Crippen LogP contribution in [-0.4, -0.2) is 34.8 Å². The first-order valence-corrected chi connectivity index (χ1v) is 10.9. The minimum Gasteiger partial charge on any atom is -0.506 e. The van der Waals surface area contributed by atoms with E-state index in [2.05, 4.69) is 4.90 Å². The van der Waals surface area contributed by atoms with Gasteiger partial charge in [-0.25, -0.2) is 0 Å². The molecule has 0 amide bonds. The number of likely N-dealkylation sites (tertiary alicyclic amines) is 1. The molecule has 27 heavy (non-hydrogen) atoms. The SMILES string of the molecule is CC.Oc1c(Cl)cccc1CN1CCC2(CC1)OCC(O)c1cc(Cl)sc12. The quantitative estimate of drug-likeness (QED) is 0.675. The molecule has 2 aromatic rings. The van der Waals surface area contributed by atoms with Crippen LogP contribution in [0.1, 0.15) is 48.8 Å². The van der Waals surface area contributed by atoms with Crippen LogP contribution in [0.2, 0.25) is 9.36 Å². The first-order valence-electron chi connectivity index (χ1n) is 9.29. The Labute approximate surface area is 174 Å². The fraction of sp³-hybridized carbons (Fsp3) is 0.500. The largest absolute Gasteiger partial charge is 0.506 e. The van der Waals surface area contributed by atoms with Crippen LogP contribution in [0, 0.1) is 0 Å². The van der Waals surface area contributed by atoms with Gasteiger partial charge in [0, 0.05) is 35.6 Å². The number of hydrogen-bond donors (Lipinski definition) is 2.